The summed E-state index contributed by atoms with van der Waals surface area (Å²) < 4.78 is 24.4. The Bertz CT molecular complexity index is 444. The Morgan fingerprint density at radius 2 is 1.91 bits per heavy atom. The summed E-state index contributed by atoms with van der Waals surface area (Å²) in [5.74, 6) is 1.18. The smallest absolute Gasteiger partial charge is 0.220 e. The topological polar surface area (TPSA) is 78.5 Å². The number of hydrogen-bond acceptors (Lipinski definition) is 4. The molecular formula is C14H28ClN3O3S. The van der Waals surface area contributed by atoms with Gasteiger partial charge in [0.1, 0.15) is 0 Å². The lowest BCUT2D eigenvalue weighted by Gasteiger charge is -2.30. The molecule has 6 nitrogen and oxygen atoms in total. The van der Waals surface area contributed by atoms with Gasteiger partial charge in [-0.2, -0.15) is 0 Å². The van der Waals surface area contributed by atoms with Crippen molar-refractivity contribution < 1.29 is 13.2 Å². The summed E-state index contributed by atoms with van der Waals surface area (Å²) in [5, 5.41) is 6.31. The highest BCUT2D eigenvalue weighted by atomic mass is 35.5. The van der Waals surface area contributed by atoms with Crippen LogP contribution in [0.1, 0.15) is 32.1 Å². The normalized spacial score (nSPS) is 24.0. The van der Waals surface area contributed by atoms with Crippen molar-refractivity contribution in [2.45, 2.75) is 32.1 Å². The first-order valence-corrected chi connectivity index (χ1v) is 9.72. The molecular weight excluding hydrogens is 326 g/mol. The Kier molecular flexibility index (Phi) is 8.10. The van der Waals surface area contributed by atoms with E-state index in [0.29, 0.717) is 37.9 Å². The van der Waals surface area contributed by atoms with Crippen molar-refractivity contribution in [3.8, 4) is 0 Å². The number of nitrogens with zero attached hydrogens (tertiary/aromatic N) is 1. The van der Waals surface area contributed by atoms with Crippen molar-refractivity contribution in [1.29, 1.82) is 0 Å². The molecule has 2 aliphatic heterocycles. The van der Waals surface area contributed by atoms with E-state index >= 15 is 0 Å². The van der Waals surface area contributed by atoms with Crippen LogP contribution in [0.4, 0.5) is 0 Å². The largest absolute Gasteiger partial charge is 0.356 e. The maximum absolute atomic E-state index is 11.8. The highest BCUT2D eigenvalue weighted by molar-refractivity contribution is 7.88. The molecule has 0 aromatic carbocycles. The maximum Gasteiger partial charge on any atom is 0.220 e. The van der Waals surface area contributed by atoms with Crippen molar-refractivity contribution >= 4 is 28.3 Å². The molecule has 1 amide bonds. The van der Waals surface area contributed by atoms with Gasteiger partial charge >= 0.3 is 0 Å². The van der Waals surface area contributed by atoms with E-state index in [9.17, 15) is 13.2 Å². The minimum Gasteiger partial charge on any atom is -0.356 e. The lowest BCUT2D eigenvalue weighted by Crippen LogP contribution is -2.41. The van der Waals surface area contributed by atoms with E-state index in [1.54, 1.807) is 0 Å². The van der Waals surface area contributed by atoms with E-state index < -0.39 is 10.0 Å². The van der Waals surface area contributed by atoms with E-state index in [0.717, 1.165) is 32.4 Å². The number of carbonyl (C=O) groups is 1. The van der Waals surface area contributed by atoms with Crippen molar-refractivity contribution in [3.63, 3.8) is 0 Å². The van der Waals surface area contributed by atoms with E-state index in [1.165, 1.54) is 17.0 Å². The van der Waals surface area contributed by atoms with Gasteiger partial charge in [0.15, 0.2) is 0 Å². The minimum atomic E-state index is -3.06. The quantitative estimate of drug-likeness (QED) is 0.732. The molecule has 0 aromatic heterocycles. The van der Waals surface area contributed by atoms with Gasteiger partial charge in [-0.25, -0.2) is 12.7 Å². The van der Waals surface area contributed by atoms with Gasteiger partial charge in [-0.05, 0) is 50.6 Å². The first kappa shape index (κ1) is 19.7. The lowest BCUT2D eigenvalue weighted by atomic mass is 9.98. The Labute approximate surface area is 139 Å². The van der Waals surface area contributed by atoms with Crippen molar-refractivity contribution in [2.24, 2.45) is 11.8 Å². The van der Waals surface area contributed by atoms with Crippen LogP contribution < -0.4 is 10.6 Å². The fraction of sp³-hybridized carbons (Fsp3) is 0.929. The average molecular weight is 354 g/mol. The van der Waals surface area contributed by atoms with Crippen molar-refractivity contribution in [1.82, 2.24) is 14.9 Å². The standard InChI is InChI=1S/C14H27N3O3S.ClH/c1-21(19,20)17-8-5-13(6-9-17)11-16-14(18)3-2-12-4-7-15-10-12;/h12-13,15H,2-11H2,1H3,(H,16,18);1H. The molecule has 2 rings (SSSR count). The van der Waals surface area contributed by atoms with Crippen LogP contribution in [0.15, 0.2) is 0 Å². The summed E-state index contributed by atoms with van der Waals surface area (Å²) >= 11 is 0. The predicted molar refractivity (Wildman–Crippen MR) is 89.6 cm³/mol. The van der Waals surface area contributed by atoms with Gasteiger partial charge in [0.2, 0.25) is 15.9 Å². The number of amides is 1. The van der Waals surface area contributed by atoms with E-state index in [4.69, 9.17) is 0 Å². The van der Waals surface area contributed by atoms with Gasteiger partial charge in [0.05, 0.1) is 6.26 Å². The molecule has 0 spiro atoms. The summed E-state index contributed by atoms with van der Waals surface area (Å²) in [4.78, 5) is 11.8. The zero-order valence-corrected chi connectivity index (χ0v) is 14.8. The Hall–Kier alpha value is -0.370. The van der Waals surface area contributed by atoms with Gasteiger partial charge < -0.3 is 10.6 Å². The Morgan fingerprint density at radius 3 is 2.45 bits per heavy atom. The van der Waals surface area contributed by atoms with Crippen LogP contribution in [0.25, 0.3) is 0 Å². The molecule has 130 valence electrons. The Balaban J connectivity index is 0.00000242. The minimum absolute atomic E-state index is 0. The second-order valence-corrected chi connectivity index (χ2v) is 8.29. The van der Waals surface area contributed by atoms with Gasteiger partial charge in [-0.15, -0.1) is 12.4 Å². The van der Waals surface area contributed by atoms with Crippen LogP contribution in [-0.2, 0) is 14.8 Å². The average Bonchev–Trinajstić information content (AvgIpc) is 2.95. The van der Waals surface area contributed by atoms with Crippen LogP contribution >= 0.6 is 12.4 Å². The summed E-state index contributed by atoms with van der Waals surface area (Å²) in [7, 11) is -3.06. The van der Waals surface area contributed by atoms with Gasteiger partial charge in [-0.3, -0.25) is 4.79 Å². The SMILES string of the molecule is CS(=O)(=O)N1CCC(CNC(=O)CCC2CCNC2)CC1.Cl. The zero-order valence-electron chi connectivity index (χ0n) is 13.2. The van der Waals surface area contributed by atoms with Crippen LogP contribution in [0.5, 0.6) is 0 Å². The molecule has 0 saturated carbocycles. The van der Waals surface area contributed by atoms with E-state index in [2.05, 4.69) is 10.6 Å². The fourth-order valence-corrected chi connectivity index (χ4v) is 3.96. The molecule has 0 aromatic rings. The number of carbonyl (C=O) groups excluding carboxylic acids is 1. The van der Waals surface area contributed by atoms with Gasteiger partial charge in [0, 0.05) is 26.1 Å². The number of nitrogens with one attached hydrogen (secondary N) is 2. The predicted octanol–water partition coefficient (Wildman–Crippen LogP) is 0.586. The first-order chi connectivity index (χ1) is 9.95. The van der Waals surface area contributed by atoms with Gasteiger partial charge in [-0.1, -0.05) is 0 Å². The number of rotatable bonds is 6. The second kappa shape index (κ2) is 9.05. The Morgan fingerprint density at radius 1 is 1.23 bits per heavy atom. The summed E-state index contributed by atoms with van der Waals surface area (Å²) in [6.45, 7) is 3.95. The van der Waals surface area contributed by atoms with Crippen LogP contribution in [0.2, 0.25) is 0 Å². The molecule has 0 radical (unpaired) electrons. The molecule has 2 heterocycles. The molecule has 0 aliphatic carbocycles. The number of sulfonamides is 1. The number of hydrogen-bond donors (Lipinski definition) is 2. The summed E-state index contributed by atoms with van der Waals surface area (Å²) in [5.41, 5.74) is 0. The second-order valence-electron chi connectivity index (χ2n) is 6.31. The molecule has 2 aliphatic rings. The highest BCUT2D eigenvalue weighted by Crippen LogP contribution is 2.18. The molecule has 1 atom stereocenters. The van der Waals surface area contributed by atoms with Crippen LogP contribution in [0, 0.1) is 11.8 Å². The molecule has 8 heteroatoms. The van der Waals surface area contributed by atoms with Crippen LogP contribution in [0.3, 0.4) is 0 Å². The number of piperidine rings is 1. The molecule has 22 heavy (non-hydrogen) atoms. The third-order valence-corrected chi connectivity index (χ3v) is 5.88. The molecule has 0 bridgehead atoms. The lowest BCUT2D eigenvalue weighted by molar-refractivity contribution is -0.121. The maximum atomic E-state index is 11.8. The molecule has 2 N–H and O–H groups in total. The molecule has 2 saturated heterocycles. The van der Waals surface area contributed by atoms with Crippen molar-refractivity contribution in [3.05, 3.63) is 0 Å². The van der Waals surface area contributed by atoms with Crippen molar-refractivity contribution in [2.75, 3.05) is 39.0 Å². The third kappa shape index (κ3) is 6.40. The van der Waals surface area contributed by atoms with Gasteiger partial charge in [0.25, 0.3) is 0 Å². The zero-order chi connectivity index (χ0) is 15.3. The third-order valence-electron chi connectivity index (χ3n) is 4.57. The fourth-order valence-electron chi connectivity index (χ4n) is 3.09. The summed E-state index contributed by atoms with van der Waals surface area (Å²) in [6, 6.07) is 0. The molecule has 1 unspecified atom stereocenters. The first-order valence-electron chi connectivity index (χ1n) is 7.87. The highest BCUT2D eigenvalue weighted by Gasteiger charge is 2.25. The monoisotopic (exact) mass is 353 g/mol. The summed E-state index contributed by atoms with van der Waals surface area (Å²) in [6.07, 6.45) is 5.67. The van der Waals surface area contributed by atoms with Crippen LogP contribution in [-0.4, -0.2) is 57.6 Å². The molecule has 2 fully saturated rings. The number of halogens is 1. The van der Waals surface area contributed by atoms with E-state index in [1.807, 2.05) is 0 Å². The van der Waals surface area contributed by atoms with E-state index in [-0.39, 0.29) is 18.3 Å².